The molecule has 0 atom stereocenters. The fraction of sp³-hybridized carbons (Fsp3) is 0.571. The van der Waals surface area contributed by atoms with E-state index < -0.39 is 0 Å². The van der Waals surface area contributed by atoms with Gasteiger partial charge in [0.05, 0.1) is 0 Å². The third kappa shape index (κ3) is 3.23. The standard InChI is InChI=1S/C14H22N4O/c1-4-12-9-11(10-13(15-2)16-12)14(19)18-7-5-17(3)6-8-18/h9-10H,4-8H2,1-3H3,(H,15,16). The van der Waals surface area contributed by atoms with Gasteiger partial charge in [-0.15, -0.1) is 0 Å². The molecular weight excluding hydrogens is 240 g/mol. The first-order chi connectivity index (χ1) is 9.13. The third-order valence-electron chi connectivity index (χ3n) is 3.53. The predicted molar refractivity (Wildman–Crippen MR) is 76.6 cm³/mol. The number of carbonyl (C=O) groups excluding carboxylic acids is 1. The molecule has 0 aliphatic carbocycles. The average molecular weight is 262 g/mol. The van der Waals surface area contributed by atoms with Crippen molar-refractivity contribution in [1.82, 2.24) is 14.8 Å². The second kappa shape index (κ2) is 6.02. The minimum absolute atomic E-state index is 0.113. The lowest BCUT2D eigenvalue weighted by atomic mass is 10.1. The normalized spacial score (nSPS) is 16.5. The zero-order valence-corrected chi connectivity index (χ0v) is 11.9. The quantitative estimate of drug-likeness (QED) is 0.885. The zero-order valence-electron chi connectivity index (χ0n) is 11.9. The van der Waals surface area contributed by atoms with Crippen LogP contribution in [0.2, 0.25) is 0 Å². The summed E-state index contributed by atoms with van der Waals surface area (Å²) in [5, 5.41) is 3.02. The first-order valence-corrected chi connectivity index (χ1v) is 6.80. The molecule has 1 aliphatic heterocycles. The number of anilines is 1. The molecule has 19 heavy (non-hydrogen) atoms. The molecule has 0 saturated carbocycles. The fourth-order valence-electron chi connectivity index (χ4n) is 2.21. The molecule has 0 spiro atoms. The molecule has 0 radical (unpaired) electrons. The van der Waals surface area contributed by atoms with Crippen molar-refractivity contribution in [1.29, 1.82) is 0 Å². The maximum atomic E-state index is 12.5. The van der Waals surface area contributed by atoms with E-state index >= 15 is 0 Å². The summed E-state index contributed by atoms with van der Waals surface area (Å²) in [6, 6.07) is 3.74. The first-order valence-electron chi connectivity index (χ1n) is 6.80. The number of carbonyl (C=O) groups is 1. The molecule has 104 valence electrons. The van der Waals surface area contributed by atoms with Gasteiger partial charge >= 0.3 is 0 Å². The summed E-state index contributed by atoms with van der Waals surface area (Å²) in [5.74, 6) is 0.874. The van der Waals surface area contributed by atoms with Crippen LogP contribution in [-0.2, 0) is 6.42 Å². The molecule has 0 bridgehead atoms. The largest absolute Gasteiger partial charge is 0.373 e. The van der Waals surface area contributed by atoms with Crippen LogP contribution < -0.4 is 5.32 Å². The summed E-state index contributed by atoms with van der Waals surface area (Å²) >= 11 is 0. The molecule has 1 aromatic heterocycles. The fourth-order valence-corrected chi connectivity index (χ4v) is 2.21. The molecule has 5 nitrogen and oxygen atoms in total. The lowest BCUT2D eigenvalue weighted by Crippen LogP contribution is -2.47. The number of nitrogens with zero attached hydrogens (tertiary/aromatic N) is 3. The van der Waals surface area contributed by atoms with Gasteiger partial charge in [0.2, 0.25) is 0 Å². The van der Waals surface area contributed by atoms with Crippen LogP contribution in [0.3, 0.4) is 0 Å². The van der Waals surface area contributed by atoms with Crippen LogP contribution in [0.5, 0.6) is 0 Å². The molecule has 5 heteroatoms. The van der Waals surface area contributed by atoms with Crippen molar-refractivity contribution in [3.8, 4) is 0 Å². The van der Waals surface area contributed by atoms with E-state index in [2.05, 4.69) is 22.2 Å². The Morgan fingerprint density at radius 3 is 2.58 bits per heavy atom. The van der Waals surface area contributed by atoms with E-state index in [0.29, 0.717) is 0 Å². The van der Waals surface area contributed by atoms with Gasteiger partial charge in [-0.1, -0.05) is 6.92 Å². The number of piperazine rings is 1. The molecule has 1 N–H and O–H groups in total. The maximum Gasteiger partial charge on any atom is 0.254 e. The summed E-state index contributed by atoms with van der Waals surface area (Å²) in [6.45, 7) is 5.53. The van der Waals surface area contributed by atoms with Crippen molar-refractivity contribution in [2.75, 3.05) is 45.6 Å². The van der Waals surface area contributed by atoms with Crippen molar-refractivity contribution in [3.63, 3.8) is 0 Å². The molecule has 2 heterocycles. The number of amides is 1. The van der Waals surface area contributed by atoms with E-state index in [1.54, 1.807) is 0 Å². The minimum Gasteiger partial charge on any atom is -0.373 e. The number of aryl methyl sites for hydroxylation is 1. The Morgan fingerprint density at radius 2 is 2.00 bits per heavy atom. The van der Waals surface area contributed by atoms with Crippen LogP contribution >= 0.6 is 0 Å². The molecule has 1 fully saturated rings. The molecule has 1 saturated heterocycles. The molecule has 1 aliphatic rings. The highest BCUT2D eigenvalue weighted by atomic mass is 16.2. The molecule has 0 unspecified atom stereocenters. The number of hydrogen-bond donors (Lipinski definition) is 1. The van der Waals surface area contributed by atoms with Crippen LogP contribution in [0.1, 0.15) is 23.0 Å². The monoisotopic (exact) mass is 262 g/mol. The first kappa shape index (κ1) is 13.8. The van der Waals surface area contributed by atoms with Crippen molar-refractivity contribution < 1.29 is 4.79 Å². The number of pyridine rings is 1. The molecular formula is C14H22N4O. The van der Waals surface area contributed by atoms with Gasteiger partial charge < -0.3 is 15.1 Å². The van der Waals surface area contributed by atoms with Crippen molar-refractivity contribution in [2.24, 2.45) is 0 Å². The number of likely N-dealkylation sites (N-methyl/N-ethyl adjacent to an activating group) is 1. The third-order valence-corrected chi connectivity index (χ3v) is 3.53. The van der Waals surface area contributed by atoms with Gasteiger partial charge in [0.25, 0.3) is 5.91 Å². The second-order valence-corrected chi connectivity index (χ2v) is 4.93. The van der Waals surface area contributed by atoms with Gasteiger partial charge in [-0.25, -0.2) is 4.98 Å². The number of hydrogen-bond acceptors (Lipinski definition) is 4. The SMILES string of the molecule is CCc1cc(C(=O)N2CCN(C)CC2)cc(NC)n1. The van der Waals surface area contributed by atoms with Gasteiger partial charge in [-0.05, 0) is 25.6 Å². The van der Waals surface area contributed by atoms with Crippen LogP contribution in [0.15, 0.2) is 12.1 Å². The summed E-state index contributed by atoms with van der Waals surface area (Å²) in [6.07, 6.45) is 0.832. The second-order valence-electron chi connectivity index (χ2n) is 4.93. The number of aromatic nitrogens is 1. The summed E-state index contributed by atoms with van der Waals surface area (Å²) in [5.41, 5.74) is 1.69. The van der Waals surface area contributed by atoms with Gasteiger partial charge in [0.1, 0.15) is 5.82 Å². The lowest BCUT2D eigenvalue weighted by Gasteiger charge is -2.32. The molecule has 1 amide bonds. The number of nitrogens with one attached hydrogen (secondary N) is 1. The van der Waals surface area contributed by atoms with Crippen LogP contribution in [0.25, 0.3) is 0 Å². The highest BCUT2D eigenvalue weighted by molar-refractivity contribution is 5.95. The molecule has 1 aromatic rings. The Labute approximate surface area is 114 Å². The van der Waals surface area contributed by atoms with E-state index in [4.69, 9.17) is 0 Å². The molecule has 2 rings (SSSR count). The highest BCUT2D eigenvalue weighted by Gasteiger charge is 2.21. The molecule has 0 aromatic carbocycles. The van der Waals surface area contributed by atoms with E-state index in [-0.39, 0.29) is 5.91 Å². The Bertz CT molecular complexity index is 431. The van der Waals surface area contributed by atoms with Crippen molar-refractivity contribution in [3.05, 3.63) is 23.4 Å². The summed E-state index contributed by atoms with van der Waals surface area (Å²) in [7, 11) is 3.91. The topological polar surface area (TPSA) is 48.5 Å². The average Bonchev–Trinajstić information content (AvgIpc) is 2.46. The van der Waals surface area contributed by atoms with E-state index in [1.165, 1.54) is 0 Å². The van der Waals surface area contributed by atoms with Gasteiger partial charge in [-0.3, -0.25) is 4.79 Å². The summed E-state index contributed by atoms with van der Waals surface area (Å²) < 4.78 is 0. The van der Waals surface area contributed by atoms with E-state index in [9.17, 15) is 4.79 Å². The Balaban J connectivity index is 2.18. The van der Waals surface area contributed by atoms with E-state index in [1.807, 2.05) is 31.0 Å². The van der Waals surface area contributed by atoms with Gasteiger partial charge in [-0.2, -0.15) is 0 Å². The van der Waals surface area contributed by atoms with Crippen LogP contribution in [0.4, 0.5) is 5.82 Å². The van der Waals surface area contributed by atoms with E-state index in [0.717, 1.165) is 49.7 Å². The van der Waals surface area contributed by atoms with Crippen molar-refractivity contribution in [2.45, 2.75) is 13.3 Å². The smallest absolute Gasteiger partial charge is 0.254 e. The minimum atomic E-state index is 0.113. The predicted octanol–water partition coefficient (Wildman–Crippen LogP) is 1.07. The number of rotatable bonds is 3. The van der Waals surface area contributed by atoms with Crippen molar-refractivity contribution >= 4 is 11.7 Å². The Kier molecular flexibility index (Phi) is 4.37. The summed E-state index contributed by atoms with van der Waals surface area (Å²) in [4.78, 5) is 21.1. The lowest BCUT2D eigenvalue weighted by molar-refractivity contribution is 0.0664. The maximum absolute atomic E-state index is 12.5. The Hall–Kier alpha value is -1.62. The zero-order chi connectivity index (χ0) is 13.8. The highest BCUT2D eigenvalue weighted by Crippen LogP contribution is 2.14. The van der Waals surface area contributed by atoms with Gasteiger partial charge in [0, 0.05) is 44.5 Å². The van der Waals surface area contributed by atoms with Gasteiger partial charge in [0.15, 0.2) is 0 Å². The van der Waals surface area contributed by atoms with Crippen LogP contribution in [-0.4, -0.2) is 61.0 Å². The Morgan fingerprint density at radius 1 is 1.32 bits per heavy atom. The van der Waals surface area contributed by atoms with Crippen LogP contribution in [0, 0.1) is 0 Å².